The molecule has 0 fully saturated rings. The molecular weight excluding hydrogens is 335 g/mol. The molecule has 0 radical (unpaired) electrons. The van der Waals surface area contributed by atoms with Gasteiger partial charge in [0.2, 0.25) is 0 Å². The van der Waals surface area contributed by atoms with E-state index in [1.165, 1.54) is 12.1 Å². The summed E-state index contributed by atoms with van der Waals surface area (Å²) in [6, 6.07) is 5.31. The number of hydrogen-bond donors (Lipinski definition) is 1. The first-order valence-electron chi connectivity index (χ1n) is 5.42. The number of non-ortho nitro benzene ring substituents is 1. The third kappa shape index (κ3) is 3.30. The fourth-order valence-corrected chi connectivity index (χ4v) is 3.42. The molecule has 1 N–H and O–H groups in total. The minimum Gasteiger partial charge on any atom is -0.377 e. The number of nitro benzene ring substituents is 1. The Hall–Kier alpha value is -1.47. The SMILES string of the molecule is CC(Nc1cc(F)cc([N+](=O)[O-])c1)c1sccc1Br. The molecule has 0 amide bonds. The predicted octanol–water partition coefficient (Wildman–Crippen LogP) is 4.73. The molecule has 0 bridgehead atoms. The highest BCUT2D eigenvalue weighted by molar-refractivity contribution is 9.10. The van der Waals surface area contributed by atoms with Crippen LogP contribution in [-0.2, 0) is 0 Å². The van der Waals surface area contributed by atoms with Crippen molar-refractivity contribution in [2.24, 2.45) is 0 Å². The van der Waals surface area contributed by atoms with Gasteiger partial charge in [-0.2, -0.15) is 0 Å². The van der Waals surface area contributed by atoms with Gasteiger partial charge >= 0.3 is 0 Å². The van der Waals surface area contributed by atoms with Gasteiger partial charge in [0.05, 0.1) is 17.0 Å². The van der Waals surface area contributed by atoms with Gasteiger partial charge in [0.1, 0.15) is 5.82 Å². The van der Waals surface area contributed by atoms with Crippen molar-refractivity contribution in [1.82, 2.24) is 0 Å². The summed E-state index contributed by atoms with van der Waals surface area (Å²) in [5, 5.41) is 15.7. The van der Waals surface area contributed by atoms with E-state index in [9.17, 15) is 14.5 Å². The van der Waals surface area contributed by atoms with E-state index in [4.69, 9.17) is 0 Å². The van der Waals surface area contributed by atoms with Gasteiger partial charge in [-0.15, -0.1) is 11.3 Å². The molecule has 2 aromatic rings. The molecule has 1 heterocycles. The fraction of sp³-hybridized carbons (Fsp3) is 0.167. The first-order chi connectivity index (χ1) is 8.97. The van der Waals surface area contributed by atoms with Crippen molar-refractivity contribution in [3.8, 4) is 0 Å². The van der Waals surface area contributed by atoms with E-state index in [1.54, 1.807) is 11.3 Å². The Morgan fingerprint density at radius 1 is 1.47 bits per heavy atom. The molecule has 1 unspecified atom stereocenters. The van der Waals surface area contributed by atoms with E-state index >= 15 is 0 Å². The molecule has 4 nitrogen and oxygen atoms in total. The molecule has 7 heteroatoms. The Labute approximate surface area is 121 Å². The molecule has 1 aromatic heterocycles. The van der Waals surface area contributed by atoms with E-state index < -0.39 is 10.7 Å². The van der Waals surface area contributed by atoms with Crippen molar-refractivity contribution in [3.05, 3.63) is 54.9 Å². The molecule has 0 saturated heterocycles. The molecule has 19 heavy (non-hydrogen) atoms. The Morgan fingerprint density at radius 3 is 2.79 bits per heavy atom. The third-order valence-corrected chi connectivity index (χ3v) is 4.57. The maximum Gasteiger partial charge on any atom is 0.274 e. The van der Waals surface area contributed by atoms with Gasteiger partial charge in [0, 0.05) is 21.1 Å². The summed E-state index contributed by atoms with van der Waals surface area (Å²) in [7, 11) is 0. The molecule has 0 aliphatic carbocycles. The number of thiophene rings is 1. The van der Waals surface area contributed by atoms with Crippen LogP contribution in [0.5, 0.6) is 0 Å². The summed E-state index contributed by atoms with van der Waals surface area (Å²) < 4.78 is 14.3. The van der Waals surface area contributed by atoms with Gasteiger partial charge in [0.15, 0.2) is 0 Å². The van der Waals surface area contributed by atoms with Crippen LogP contribution in [0, 0.1) is 15.9 Å². The second-order valence-electron chi connectivity index (χ2n) is 3.95. The number of halogens is 2. The highest BCUT2D eigenvalue weighted by Gasteiger charge is 2.14. The highest BCUT2D eigenvalue weighted by atomic mass is 79.9. The van der Waals surface area contributed by atoms with Crippen LogP contribution in [0.4, 0.5) is 15.8 Å². The second-order valence-corrected chi connectivity index (χ2v) is 5.76. The number of hydrogen-bond acceptors (Lipinski definition) is 4. The van der Waals surface area contributed by atoms with Crippen LogP contribution in [0.3, 0.4) is 0 Å². The third-order valence-electron chi connectivity index (χ3n) is 2.51. The van der Waals surface area contributed by atoms with Crippen LogP contribution >= 0.6 is 27.3 Å². The Kier molecular flexibility index (Phi) is 4.16. The summed E-state index contributed by atoms with van der Waals surface area (Å²) in [4.78, 5) is 11.1. The van der Waals surface area contributed by atoms with Gasteiger partial charge in [-0.05, 0) is 40.4 Å². The standard InChI is InChI=1S/C12H10BrFN2O2S/c1-7(12-11(13)2-3-19-12)15-9-4-8(14)5-10(6-9)16(17)18/h2-7,15H,1H3. The number of anilines is 1. The number of nitrogens with one attached hydrogen (secondary N) is 1. The van der Waals surface area contributed by atoms with Crippen molar-refractivity contribution in [2.45, 2.75) is 13.0 Å². The molecule has 0 saturated carbocycles. The Balaban J connectivity index is 2.24. The van der Waals surface area contributed by atoms with Gasteiger partial charge in [-0.25, -0.2) is 4.39 Å². The van der Waals surface area contributed by atoms with E-state index in [0.717, 1.165) is 15.4 Å². The zero-order valence-corrected chi connectivity index (χ0v) is 12.3. The van der Waals surface area contributed by atoms with E-state index in [2.05, 4.69) is 21.2 Å². The molecular formula is C12H10BrFN2O2S. The topological polar surface area (TPSA) is 55.2 Å². The second kappa shape index (κ2) is 5.66. The lowest BCUT2D eigenvalue weighted by Gasteiger charge is -2.14. The quantitative estimate of drug-likeness (QED) is 0.644. The minimum absolute atomic E-state index is 0.0734. The summed E-state index contributed by atoms with van der Waals surface area (Å²) >= 11 is 4.98. The Bertz CT molecular complexity index is 618. The fourth-order valence-electron chi connectivity index (χ4n) is 1.69. The molecule has 1 aromatic carbocycles. The summed E-state index contributed by atoms with van der Waals surface area (Å²) in [6.45, 7) is 1.91. The average molecular weight is 345 g/mol. The largest absolute Gasteiger partial charge is 0.377 e. The lowest BCUT2D eigenvalue weighted by molar-refractivity contribution is -0.385. The molecule has 100 valence electrons. The van der Waals surface area contributed by atoms with Crippen molar-refractivity contribution >= 4 is 38.6 Å². The van der Waals surface area contributed by atoms with E-state index in [1.807, 2.05) is 18.4 Å². The van der Waals surface area contributed by atoms with Gasteiger partial charge < -0.3 is 5.32 Å². The number of rotatable bonds is 4. The predicted molar refractivity (Wildman–Crippen MR) is 77.1 cm³/mol. The monoisotopic (exact) mass is 344 g/mol. The maximum absolute atomic E-state index is 13.3. The minimum atomic E-state index is -0.630. The maximum atomic E-state index is 13.3. The van der Waals surface area contributed by atoms with E-state index in [0.29, 0.717) is 5.69 Å². The molecule has 1 atom stereocenters. The van der Waals surface area contributed by atoms with Crippen molar-refractivity contribution in [1.29, 1.82) is 0 Å². The first kappa shape index (κ1) is 14.0. The number of benzene rings is 1. The zero-order valence-electron chi connectivity index (χ0n) is 9.89. The lowest BCUT2D eigenvalue weighted by atomic mass is 10.2. The number of nitro groups is 1. The molecule has 0 aliphatic rings. The molecule has 0 spiro atoms. The van der Waals surface area contributed by atoms with Crippen LogP contribution in [0.2, 0.25) is 0 Å². The highest BCUT2D eigenvalue weighted by Crippen LogP contribution is 2.32. The summed E-state index contributed by atoms with van der Waals surface area (Å²) in [5.74, 6) is -0.630. The van der Waals surface area contributed by atoms with Crippen molar-refractivity contribution in [2.75, 3.05) is 5.32 Å². The average Bonchev–Trinajstić information content (AvgIpc) is 2.74. The molecule has 2 rings (SSSR count). The van der Waals surface area contributed by atoms with Gasteiger partial charge in [0.25, 0.3) is 5.69 Å². The lowest BCUT2D eigenvalue weighted by Crippen LogP contribution is -2.06. The van der Waals surface area contributed by atoms with Gasteiger partial charge in [-0.3, -0.25) is 10.1 Å². The van der Waals surface area contributed by atoms with Crippen LogP contribution in [0.1, 0.15) is 17.8 Å². The van der Waals surface area contributed by atoms with Crippen LogP contribution in [0.25, 0.3) is 0 Å². The number of nitrogens with zero attached hydrogens (tertiary/aromatic N) is 1. The Morgan fingerprint density at radius 2 is 2.21 bits per heavy atom. The van der Waals surface area contributed by atoms with E-state index in [-0.39, 0.29) is 11.7 Å². The normalized spacial score (nSPS) is 12.2. The summed E-state index contributed by atoms with van der Waals surface area (Å²) in [6.07, 6.45) is 0. The van der Waals surface area contributed by atoms with Crippen LogP contribution in [-0.4, -0.2) is 4.92 Å². The van der Waals surface area contributed by atoms with Crippen LogP contribution < -0.4 is 5.32 Å². The summed E-state index contributed by atoms with van der Waals surface area (Å²) in [5.41, 5.74) is 0.124. The van der Waals surface area contributed by atoms with Gasteiger partial charge in [-0.1, -0.05) is 0 Å². The smallest absolute Gasteiger partial charge is 0.274 e. The first-order valence-corrected chi connectivity index (χ1v) is 7.09. The van der Waals surface area contributed by atoms with Crippen molar-refractivity contribution in [3.63, 3.8) is 0 Å². The van der Waals surface area contributed by atoms with Crippen LogP contribution in [0.15, 0.2) is 34.1 Å². The zero-order chi connectivity index (χ0) is 14.0. The van der Waals surface area contributed by atoms with Crippen molar-refractivity contribution < 1.29 is 9.31 Å². The molecule has 0 aliphatic heterocycles.